The normalized spacial score (nSPS) is 11.2. The highest BCUT2D eigenvalue weighted by Gasteiger charge is 2.11. The standard InChI is InChI=1S/C19H11N3O6S2/c23-16(5-1-14-3-7-18(29-14)21(25)26)12-9-13(11-20-10-12)17(24)6-2-15-4-8-19(30-15)22(27)28/h1-11H/b5-1+,6-2+. The second-order valence-corrected chi connectivity index (χ2v) is 7.91. The summed E-state index contributed by atoms with van der Waals surface area (Å²) >= 11 is 1.87. The van der Waals surface area contributed by atoms with Gasteiger partial charge in [0.2, 0.25) is 0 Å². The van der Waals surface area contributed by atoms with E-state index in [1.165, 1.54) is 67.0 Å². The quantitative estimate of drug-likeness (QED) is 0.212. The number of aromatic nitrogens is 1. The summed E-state index contributed by atoms with van der Waals surface area (Å²) in [5.74, 6) is -0.822. The Balaban J connectivity index is 1.70. The highest BCUT2D eigenvalue weighted by Crippen LogP contribution is 2.26. The largest absolute Gasteiger partial charge is 0.324 e. The van der Waals surface area contributed by atoms with Crippen molar-refractivity contribution in [2.45, 2.75) is 0 Å². The van der Waals surface area contributed by atoms with E-state index in [0.717, 1.165) is 22.7 Å². The molecule has 0 radical (unpaired) electrons. The van der Waals surface area contributed by atoms with E-state index in [1.807, 2.05) is 0 Å². The third-order valence-electron chi connectivity index (χ3n) is 3.69. The van der Waals surface area contributed by atoms with Crippen LogP contribution in [0.4, 0.5) is 10.0 Å². The minimum absolute atomic E-state index is 0.0285. The Morgan fingerprint density at radius 1 is 0.800 bits per heavy atom. The smallest absolute Gasteiger partial charge is 0.289 e. The number of thiophene rings is 2. The SMILES string of the molecule is O=C(/C=C/c1ccc([N+](=O)[O-])s1)c1cncc(C(=O)/C=C/c2ccc([N+](=O)[O-])s2)c1. The highest BCUT2D eigenvalue weighted by molar-refractivity contribution is 7.16. The van der Waals surface area contributed by atoms with Gasteiger partial charge in [-0.3, -0.25) is 34.8 Å². The highest BCUT2D eigenvalue weighted by atomic mass is 32.1. The molecule has 0 aliphatic heterocycles. The minimum atomic E-state index is -0.509. The zero-order chi connectivity index (χ0) is 21.7. The molecule has 9 nitrogen and oxygen atoms in total. The maximum atomic E-state index is 12.3. The topological polar surface area (TPSA) is 133 Å². The molecule has 0 N–H and O–H groups in total. The van der Waals surface area contributed by atoms with Gasteiger partial charge in [-0.25, -0.2) is 0 Å². The van der Waals surface area contributed by atoms with E-state index in [2.05, 4.69) is 4.98 Å². The van der Waals surface area contributed by atoms with E-state index in [0.29, 0.717) is 9.75 Å². The first kappa shape index (κ1) is 20.9. The molecular formula is C19H11N3O6S2. The molecule has 0 aliphatic carbocycles. The van der Waals surface area contributed by atoms with E-state index in [9.17, 15) is 29.8 Å². The molecule has 0 aromatic carbocycles. The second-order valence-electron chi connectivity index (χ2n) is 5.72. The molecule has 3 rings (SSSR count). The van der Waals surface area contributed by atoms with Crippen molar-refractivity contribution in [3.8, 4) is 0 Å². The number of carbonyl (C=O) groups is 2. The molecule has 0 saturated carbocycles. The lowest BCUT2D eigenvalue weighted by Crippen LogP contribution is -2.01. The van der Waals surface area contributed by atoms with Crippen LogP contribution in [0.25, 0.3) is 12.2 Å². The minimum Gasteiger partial charge on any atom is -0.289 e. The summed E-state index contributed by atoms with van der Waals surface area (Å²) in [4.78, 5) is 50.0. The van der Waals surface area contributed by atoms with Crippen molar-refractivity contribution in [1.82, 2.24) is 4.98 Å². The lowest BCUT2D eigenvalue weighted by Gasteiger charge is -1.99. The Morgan fingerprint density at radius 2 is 1.23 bits per heavy atom. The summed E-state index contributed by atoms with van der Waals surface area (Å²) in [6.07, 6.45) is 8.04. The molecule has 150 valence electrons. The van der Waals surface area contributed by atoms with Crippen LogP contribution < -0.4 is 0 Å². The maximum absolute atomic E-state index is 12.3. The van der Waals surface area contributed by atoms with Crippen LogP contribution >= 0.6 is 22.7 Å². The molecule has 3 heterocycles. The van der Waals surface area contributed by atoms with Gasteiger partial charge in [-0.05, 0) is 42.5 Å². The van der Waals surface area contributed by atoms with E-state index in [1.54, 1.807) is 0 Å². The number of rotatable bonds is 8. The van der Waals surface area contributed by atoms with E-state index < -0.39 is 21.4 Å². The Kier molecular flexibility index (Phi) is 6.35. The Morgan fingerprint density at radius 3 is 1.60 bits per heavy atom. The molecule has 11 heteroatoms. The molecule has 0 aliphatic rings. The zero-order valence-corrected chi connectivity index (χ0v) is 16.6. The third kappa shape index (κ3) is 5.16. The predicted molar refractivity (Wildman–Crippen MR) is 113 cm³/mol. The molecule has 0 spiro atoms. The van der Waals surface area contributed by atoms with Crippen molar-refractivity contribution < 1.29 is 19.4 Å². The third-order valence-corrected chi connectivity index (χ3v) is 5.69. The average molecular weight is 441 g/mol. The average Bonchev–Trinajstić information content (AvgIpc) is 3.40. The number of nitro groups is 2. The van der Waals surface area contributed by atoms with Crippen LogP contribution in [-0.4, -0.2) is 26.4 Å². The molecule has 0 bridgehead atoms. The van der Waals surface area contributed by atoms with Gasteiger partial charge in [0, 0.05) is 45.4 Å². The fourth-order valence-electron chi connectivity index (χ4n) is 2.28. The van der Waals surface area contributed by atoms with Crippen molar-refractivity contribution in [2.75, 3.05) is 0 Å². The van der Waals surface area contributed by atoms with Crippen molar-refractivity contribution in [3.63, 3.8) is 0 Å². The van der Waals surface area contributed by atoms with Crippen LogP contribution in [0.3, 0.4) is 0 Å². The monoisotopic (exact) mass is 441 g/mol. The fraction of sp³-hybridized carbons (Fsp3) is 0. The number of pyridine rings is 1. The number of hydrogen-bond acceptors (Lipinski definition) is 9. The fourth-order valence-corrected chi connectivity index (χ4v) is 3.73. The summed E-state index contributed by atoms with van der Waals surface area (Å²) in [6.45, 7) is 0. The van der Waals surface area contributed by atoms with Gasteiger partial charge in [-0.15, -0.1) is 0 Å². The van der Waals surface area contributed by atoms with Gasteiger partial charge in [-0.2, -0.15) is 0 Å². The zero-order valence-electron chi connectivity index (χ0n) is 15.0. The molecule has 0 atom stereocenters. The van der Waals surface area contributed by atoms with Crippen LogP contribution in [-0.2, 0) is 0 Å². The van der Waals surface area contributed by atoms with Crippen molar-refractivity contribution >= 4 is 56.4 Å². The summed E-state index contributed by atoms with van der Waals surface area (Å²) in [5.41, 5.74) is 0.367. The molecule has 0 saturated heterocycles. The van der Waals surface area contributed by atoms with E-state index >= 15 is 0 Å². The van der Waals surface area contributed by atoms with Crippen LogP contribution in [0.1, 0.15) is 30.5 Å². The Bertz CT molecular complexity index is 1120. The number of ketones is 2. The van der Waals surface area contributed by atoms with Gasteiger partial charge in [0.05, 0.1) is 9.85 Å². The lowest BCUT2D eigenvalue weighted by atomic mass is 10.1. The first-order valence-corrected chi connectivity index (χ1v) is 9.85. The van der Waals surface area contributed by atoms with Gasteiger partial charge < -0.3 is 0 Å². The van der Waals surface area contributed by atoms with E-state index in [4.69, 9.17) is 0 Å². The number of carbonyl (C=O) groups excluding carboxylic acids is 2. The maximum Gasteiger partial charge on any atom is 0.324 e. The van der Waals surface area contributed by atoms with Gasteiger partial charge >= 0.3 is 10.0 Å². The predicted octanol–water partition coefficient (Wildman–Crippen LogP) is 4.81. The van der Waals surface area contributed by atoms with Crippen molar-refractivity contribution in [1.29, 1.82) is 0 Å². The lowest BCUT2D eigenvalue weighted by molar-refractivity contribution is -0.380. The first-order valence-electron chi connectivity index (χ1n) is 8.22. The Hall–Kier alpha value is -3.83. The molecule has 0 amide bonds. The van der Waals surface area contributed by atoms with Crippen molar-refractivity contribution in [3.05, 3.63) is 96.0 Å². The Labute approximate surface area is 176 Å². The summed E-state index contributed by atoms with van der Waals surface area (Å²) in [5, 5.41) is 21.3. The van der Waals surface area contributed by atoms with Crippen LogP contribution in [0.5, 0.6) is 0 Å². The van der Waals surface area contributed by atoms with Gasteiger partial charge in [0.25, 0.3) is 0 Å². The van der Waals surface area contributed by atoms with Gasteiger partial charge in [0.15, 0.2) is 11.6 Å². The summed E-state index contributed by atoms with van der Waals surface area (Å²) in [7, 11) is 0. The molecular weight excluding hydrogens is 430 g/mol. The molecule has 0 unspecified atom stereocenters. The number of allylic oxidation sites excluding steroid dienone is 2. The van der Waals surface area contributed by atoms with E-state index in [-0.39, 0.29) is 21.1 Å². The second kappa shape index (κ2) is 9.11. The number of nitrogens with zero attached hydrogens (tertiary/aromatic N) is 3. The molecule has 3 aromatic heterocycles. The summed E-state index contributed by atoms with van der Waals surface area (Å²) in [6, 6.07) is 7.16. The van der Waals surface area contributed by atoms with Gasteiger partial charge in [-0.1, -0.05) is 22.7 Å². The molecule has 3 aromatic rings. The van der Waals surface area contributed by atoms with Crippen LogP contribution in [0.2, 0.25) is 0 Å². The summed E-state index contributed by atoms with van der Waals surface area (Å²) < 4.78 is 0. The molecule has 30 heavy (non-hydrogen) atoms. The van der Waals surface area contributed by atoms with Crippen LogP contribution in [0.15, 0.2) is 54.9 Å². The van der Waals surface area contributed by atoms with Gasteiger partial charge in [0.1, 0.15) is 0 Å². The van der Waals surface area contributed by atoms with Crippen LogP contribution in [0, 0.1) is 20.2 Å². The molecule has 0 fully saturated rings. The first-order chi connectivity index (χ1) is 14.3. The number of hydrogen-bond donors (Lipinski definition) is 0. The van der Waals surface area contributed by atoms with Crippen molar-refractivity contribution in [2.24, 2.45) is 0 Å².